The van der Waals surface area contributed by atoms with E-state index >= 15 is 0 Å². The predicted octanol–water partition coefficient (Wildman–Crippen LogP) is 3.46. The van der Waals surface area contributed by atoms with Crippen LogP contribution in [0.3, 0.4) is 0 Å². The Hall–Kier alpha value is -2.33. The third-order valence-corrected chi connectivity index (χ3v) is 4.78. The number of rotatable bonds is 5. The Morgan fingerprint density at radius 3 is 2.64 bits per heavy atom. The number of likely N-dealkylation sites (tertiary alicyclic amines) is 1. The molecule has 0 saturated carbocycles. The van der Waals surface area contributed by atoms with Crippen molar-refractivity contribution in [2.75, 3.05) is 13.2 Å². The first kappa shape index (κ1) is 17.5. The summed E-state index contributed by atoms with van der Waals surface area (Å²) in [4.78, 5) is 14.4. The second kappa shape index (κ2) is 8.17. The van der Waals surface area contributed by atoms with Crippen molar-refractivity contribution in [1.82, 2.24) is 4.90 Å². The third-order valence-electron chi connectivity index (χ3n) is 4.78. The number of carbonyl (C=O) groups is 1. The number of para-hydroxylation sites is 1. The molecule has 1 aliphatic heterocycles. The van der Waals surface area contributed by atoms with Crippen LogP contribution in [0.2, 0.25) is 0 Å². The molecule has 2 unspecified atom stereocenters. The van der Waals surface area contributed by atoms with E-state index in [9.17, 15) is 4.79 Å². The van der Waals surface area contributed by atoms with E-state index in [1.807, 2.05) is 47.4 Å². The van der Waals surface area contributed by atoms with Crippen LogP contribution in [0.25, 0.3) is 11.1 Å². The Kier molecular flexibility index (Phi) is 5.71. The van der Waals surface area contributed by atoms with Crippen LogP contribution in [0.4, 0.5) is 0 Å². The summed E-state index contributed by atoms with van der Waals surface area (Å²) in [7, 11) is 0. The first-order valence-electron chi connectivity index (χ1n) is 8.97. The van der Waals surface area contributed by atoms with E-state index in [0.29, 0.717) is 13.0 Å². The Morgan fingerprint density at radius 1 is 1.16 bits per heavy atom. The molecule has 2 atom stereocenters. The number of ether oxygens (including phenoxy) is 1. The Labute approximate surface area is 149 Å². The standard InChI is InChI=1S/C21H26N2O2/c1-16-15-18(22)11-13-23(16)21(24)12-14-25-20-10-6-5-9-19(20)17-7-3-2-4-8-17/h2-10,16,18H,11-15,22H2,1H3. The molecule has 25 heavy (non-hydrogen) atoms. The van der Waals surface area contributed by atoms with Crippen molar-refractivity contribution in [3.8, 4) is 16.9 Å². The van der Waals surface area contributed by atoms with E-state index in [1.54, 1.807) is 0 Å². The van der Waals surface area contributed by atoms with Crippen molar-refractivity contribution in [3.63, 3.8) is 0 Å². The maximum atomic E-state index is 12.5. The Bertz CT molecular complexity index is 702. The summed E-state index contributed by atoms with van der Waals surface area (Å²) in [5.41, 5.74) is 8.14. The summed E-state index contributed by atoms with van der Waals surface area (Å²) in [6.07, 6.45) is 2.15. The van der Waals surface area contributed by atoms with Crippen molar-refractivity contribution in [2.45, 2.75) is 38.3 Å². The number of benzene rings is 2. The third kappa shape index (κ3) is 4.40. The molecule has 0 aliphatic carbocycles. The van der Waals surface area contributed by atoms with Gasteiger partial charge in [-0.05, 0) is 31.4 Å². The number of hydrogen-bond acceptors (Lipinski definition) is 3. The predicted molar refractivity (Wildman–Crippen MR) is 100 cm³/mol. The van der Waals surface area contributed by atoms with E-state index in [0.717, 1.165) is 36.3 Å². The summed E-state index contributed by atoms with van der Waals surface area (Å²) in [6.45, 7) is 3.21. The lowest BCUT2D eigenvalue weighted by atomic mass is 9.99. The number of nitrogens with two attached hydrogens (primary N) is 1. The minimum absolute atomic E-state index is 0.150. The van der Waals surface area contributed by atoms with Gasteiger partial charge in [0.2, 0.25) is 5.91 Å². The van der Waals surface area contributed by atoms with Crippen molar-refractivity contribution in [1.29, 1.82) is 0 Å². The summed E-state index contributed by atoms with van der Waals surface area (Å²) in [5.74, 6) is 0.965. The van der Waals surface area contributed by atoms with E-state index in [-0.39, 0.29) is 18.0 Å². The molecule has 2 aromatic rings. The summed E-state index contributed by atoms with van der Waals surface area (Å²) in [6, 6.07) is 18.5. The quantitative estimate of drug-likeness (QED) is 0.908. The molecule has 4 nitrogen and oxygen atoms in total. The first-order valence-corrected chi connectivity index (χ1v) is 8.97. The lowest BCUT2D eigenvalue weighted by molar-refractivity contribution is -0.135. The van der Waals surface area contributed by atoms with Crippen LogP contribution in [0.5, 0.6) is 5.75 Å². The maximum absolute atomic E-state index is 12.5. The highest BCUT2D eigenvalue weighted by atomic mass is 16.5. The van der Waals surface area contributed by atoms with Gasteiger partial charge in [0, 0.05) is 24.2 Å². The molecule has 0 spiro atoms. The Morgan fingerprint density at radius 2 is 1.88 bits per heavy atom. The van der Waals surface area contributed by atoms with Crippen molar-refractivity contribution >= 4 is 5.91 Å². The highest BCUT2D eigenvalue weighted by molar-refractivity contribution is 5.77. The van der Waals surface area contributed by atoms with Gasteiger partial charge in [-0.25, -0.2) is 0 Å². The number of hydrogen-bond donors (Lipinski definition) is 1. The van der Waals surface area contributed by atoms with Crippen molar-refractivity contribution in [3.05, 3.63) is 54.6 Å². The van der Waals surface area contributed by atoms with Gasteiger partial charge >= 0.3 is 0 Å². The molecule has 2 aromatic carbocycles. The van der Waals surface area contributed by atoms with E-state index in [2.05, 4.69) is 19.1 Å². The SMILES string of the molecule is CC1CC(N)CCN1C(=O)CCOc1ccccc1-c1ccccc1. The molecule has 3 rings (SSSR count). The maximum Gasteiger partial charge on any atom is 0.226 e. The van der Waals surface area contributed by atoms with Gasteiger partial charge in [-0.15, -0.1) is 0 Å². The van der Waals surface area contributed by atoms with Gasteiger partial charge in [-0.2, -0.15) is 0 Å². The van der Waals surface area contributed by atoms with Gasteiger partial charge in [0.05, 0.1) is 13.0 Å². The van der Waals surface area contributed by atoms with Crippen LogP contribution in [-0.2, 0) is 4.79 Å². The lowest BCUT2D eigenvalue weighted by Gasteiger charge is -2.36. The number of amides is 1. The molecular formula is C21H26N2O2. The average Bonchev–Trinajstić information content (AvgIpc) is 2.63. The van der Waals surface area contributed by atoms with Gasteiger partial charge in [0.25, 0.3) is 0 Å². The molecule has 132 valence electrons. The minimum atomic E-state index is 0.150. The summed E-state index contributed by atoms with van der Waals surface area (Å²) in [5, 5.41) is 0. The highest BCUT2D eigenvalue weighted by Gasteiger charge is 2.26. The van der Waals surface area contributed by atoms with Gasteiger partial charge in [-0.1, -0.05) is 48.5 Å². The molecule has 2 N–H and O–H groups in total. The second-order valence-corrected chi connectivity index (χ2v) is 6.68. The van der Waals surface area contributed by atoms with Gasteiger partial charge in [0.15, 0.2) is 0 Å². The first-order chi connectivity index (χ1) is 12.1. The fourth-order valence-corrected chi connectivity index (χ4v) is 3.42. The normalized spacial score (nSPS) is 20.3. The number of nitrogens with zero attached hydrogens (tertiary/aromatic N) is 1. The van der Waals surface area contributed by atoms with Crippen LogP contribution in [0.15, 0.2) is 54.6 Å². The smallest absolute Gasteiger partial charge is 0.226 e. The summed E-state index contributed by atoms with van der Waals surface area (Å²) >= 11 is 0. The average molecular weight is 338 g/mol. The lowest BCUT2D eigenvalue weighted by Crippen LogP contribution is -2.48. The van der Waals surface area contributed by atoms with Crippen LogP contribution >= 0.6 is 0 Å². The van der Waals surface area contributed by atoms with Crippen LogP contribution in [0, 0.1) is 0 Å². The highest BCUT2D eigenvalue weighted by Crippen LogP contribution is 2.29. The largest absolute Gasteiger partial charge is 0.492 e. The topological polar surface area (TPSA) is 55.6 Å². The van der Waals surface area contributed by atoms with Crippen molar-refractivity contribution < 1.29 is 9.53 Å². The van der Waals surface area contributed by atoms with Gasteiger partial charge in [-0.3, -0.25) is 4.79 Å². The number of carbonyl (C=O) groups excluding carboxylic acids is 1. The summed E-state index contributed by atoms with van der Waals surface area (Å²) < 4.78 is 5.94. The second-order valence-electron chi connectivity index (χ2n) is 6.68. The van der Waals surface area contributed by atoms with Gasteiger partial charge in [0.1, 0.15) is 5.75 Å². The van der Waals surface area contributed by atoms with E-state index < -0.39 is 0 Å². The molecule has 1 fully saturated rings. The van der Waals surface area contributed by atoms with Crippen LogP contribution in [-0.4, -0.2) is 36.0 Å². The van der Waals surface area contributed by atoms with Gasteiger partial charge < -0.3 is 15.4 Å². The zero-order chi connectivity index (χ0) is 17.6. The minimum Gasteiger partial charge on any atom is -0.492 e. The number of piperidine rings is 1. The molecule has 0 radical (unpaired) electrons. The zero-order valence-corrected chi connectivity index (χ0v) is 14.7. The Balaban J connectivity index is 1.59. The van der Waals surface area contributed by atoms with E-state index in [4.69, 9.17) is 10.5 Å². The molecule has 1 saturated heterocycles. The fourth-order valence-electron chi connectivity index (χ4n) is 3.42. The molecule has 0 bridgehead atoms. The molecule has 1 aliphatic rings. The van der Waals surface area contributed by atoms with Crippen LogP contribution < -0.4 is 10.5 Å². The molecule has 1 amide bonds. The van der Waals surface area contributed by atoms with Crippen LogP contribution in [0.1, 0.15) is 26.2 Å². The molecule has 1 heterocycles. The molecule has 4 heteroatoms. The molecular weight excluding hydrogens is 312 g/mol. The molecule has 0 aromatic heterocycles. The van der Waals surface area contributed by atoms with E-state index in [1.165, 1.54) is 0 Å². The monoisotopic (exact) mass is 338 g/mol. The van der Waals surface area contributed by atoms with Crippen molar-refractivity contribution in [2.24, 2.45) is 5.73 Å². The fraction of sp³-hybridized carbons (Fsp3) is 0.381. The zero-order valence-electron chi connectivity index (χ0n) is 14.7.